The lowest BCUT2D eigenvalue weighted by Crippen LogP contribution is -2.59. The number of hydrogen-bond donors (Lipinski definition) is 8. The Hall–Kier alpha value is -2.68. The van der Waals surface area contributed by atoms with E-state index >= 15 is 0 Å². The Kier molecular flexibility index (Phi) is 10.3. The molecule has 0 amide bonds. The molecule has 1 heterocycles. The second-order valence-electron chi connectivity index (χ2n) is 8.65. The molecule has 2 aromatic rings. The Bertz CT molecular complexity index is 1000. The quantitative estimate of drug-likeness (QED) is 0.174. The van der Waals surface area contributed by atoms with Gasteiger partial charge in [0.15, 0.2) is 35.4 Å². The fraction of sp³-hybridized carbons (Fsp3) is 0.520. The number of rotatable bonds is 12. The summed E-state index contributed by atoms with van der Waals surface area (Å²) in [6.45, 7) is -1.31. The van der Waals surface area contributed by atoms with E-state index in [1.54, 1.807) is 6.07 Å². The van der Waals surface area contributed by atoms with Crippen LogP contribution in [-0.4, -0.2) is 105 Å². The van der Waals surface area contributed by atoms with E-state index in [0.717, 1.165) is 5.56 Å². The second kappa shape index (κ2) is 13.2. The van der Waals surface area contributed by atoms with Gasteiger partial charge in [0.25, 0.3) is 0 Å². The molecule has 0 aromatic heterocycles. The molecule has 12 heteroatoms. The Morgan fingerprint density at radius 2 is 1.65 bits per heavy atom. The highest BCUT2D eigenvalue weighted by Gasteiger charge is 2.46. The lowest BCUT2D eigenvalue weighted by atomic mass is 9.98. The van der Waals surface area contributed by atoms with Crippen molar-refractivity contribution in [2.75, 3.05) is 26.9 Å². The zero-order valence-electron chi connectivity index (χ0n) is 20.3. The monoisotopic (exact) mass is 526 g/mol. The van der Waals surface area contributed by atoms with E-state index in [0.29, 0.717) is 18.4 Å². The van der Waals surface area contributed by atoms with Crippen molar-refractivity contribution in [1.29, 1.82) is 0 Å². The van der Waals surface area contributed by atoms with Gasteiger partial charge in [-0.15, -0.1) is 0 Å². The van der Waals surface area contributed by atoms with Gasteiger partial charge >= 0.3 is 0 Å². The van der Waals surface area contributed by atoms with Crippen molar-refractivity contribution in [3.8, 4) is 23.0 Å². The van der Waals surface area contributed by atoms with E-state index in [9.17, 15) is 35.7 Å². The molecule has 0 aliphatic carbocycles. The van der Waals surface area contributed by atoms with Gasteiger partial charge in [0.05, 0.1) is 20.3 Å². The first-order valence-corrected chi connectivity index (χ1v) is 11.8. The predicted octanol–water partition coefficient (Wildman–Crippen LogP) is -0.671. The van der Waals surface area contributed by atoms with Crippen LogP contribution in [0.25, 0.3) is 0 Å². The molecule has 3 rings (SSSR count). The second-order valence-corrected chi connectivity index (χ2v) is 8.65. The first-order valence-electron chi connectivity index (χ1n) is 11.8. The van der Waals surface area contributed by atoms with Gasteiger partial charge in [0, 0.05) is 6.61 Å². The van der Waals surface area contributed by atoms with Gasteiger partial charge in [-0.25, -0.2) is 0 Å². The Morgan fingerprint density at radius 3 is 2.27 bits per heavy atom. The molecule has 1 saturated heterocycles. The summed E-state index contributed by atoms with van der Waals surface area (Å²) in [5.41, 5.74) is 1.07. The number of hydrogen-bond acceptors (Lipinski definition) is 12. The van der Waals surface area contributed by atoms with Crippen molar-refractivity contribution < 1.29 is 59.8 Å². The van der Waals surface area contributed by atoms with Crippen LogP contribution < -0.4 is 9.47 Å². The molecular weight excluding hydrogens is 492 g/mol. The van der Waals surface area contributed by atoms with E-state index in [1.165, 1.54) is 37.4 Å². The molecule has 0 bridgehead atoms. The minimum Gasteiger partial charge on any atom is -0.504 e. The lowest BCUT2D eigenvalue weighted by molar-refractivity contribution is -0.318. The predicted molar refractivity (Wildman–Crippen MR) is 127 cm³/mol. The molecule has 1 fully saturated rings. The Morgan fingerprint density at radius 1 is 0.892 bits per heavy atom. The molecule has 0 radical (unpaired) electrons. The highest BCUT2D eigenvalue weighted by Crippen LogP contribution is 2.37. The maximum Gasteiger partial charge on any atom is 0.187 e. The highest BCUT2D eigenvalue weighted by atomic mass is 16.7. The number of phenols is 2. The number of benzene rings is 2. The number of methoxy groups -OCH3 is 1. The van der Waals surface area contributed by atoms with Crippen LogP contribution in [0.1, 0.15) is 23.7 Å². The number of aliphatic hydroxyl groups is 6. The molecule has 12 nitrogen and oxygen atoms in total. The van der Waals surface area contributed by atoms with Gasteiger partial charge in [0.1, 0.15) is 30.5 Å². The fourth-order valence-electron chi connectivity index (χ4n) is 4.04. The van der Waals surface area contributed by atoms with E-state index in [-0.39, 0.29) is 29.6 Å². The summed E-state index contributed by atoms with van der Waals surface area (Å²) in [5, 5.41) is 80.0. The van der Waals surface area contributed by atoms with Gasteiger partial charge in [-0.3, -0.25) is 0 Å². The van der Waals surface area contributed by atoms with E-state index in [2.05, 4.69) is 0 Å². The van der Waals surface area contributed by atoms with Gasteiger partial charge in [0.2, 0.25) is 0 Å². The summed E-state index contributed by atoms with van der Waals surface area (Å²) in [4.78, 5) is 0. The maximum atomic E-state index is 10.5. The van der Waals surface area contributed by atoms with Crippen LogP contribution in [0.4, 0.5) is 0 Å². The lowest BCUT2D eigenvalue weighted by Gasteiger charge is -2.41. The van der Waals surface area contributed by atoms with Gasteiger partial charge < -0.3 is 59.8 Å². The zero-order chi connectivity index (χ0) is 27.1. The molecule has 8 N–H and O–H groups in total. The largest absolute Gasteiger partial charge is 0.504 e. The minimum absolute atomic E-state index is 0.00133. The van der Waals surface area contributed by atoms with E-state index < -0.39 is 56.1 Å². The van der Waals surface area contributed by atoms with Gasteiger partial charge in [-0.05, 0) is 48.2 Å². The molecule has 7 atom stereocenters. The van der Waals surface area contributed by atoms with Crippen LogP contribution in [0.15, 0.2) is 36.4 Å². The first kappa shape index (κ1) is 28.9. The van der Waals surface area contributed by atoms with Crippen molar-refractivity contribution in [3.63, 3.8) is 0 Å². The average molecular weight is 527 g/mol. The van der Waals surface area contributed by atoms with Crippen LogP contribution in [0.3, 0.4) is 0 Å². The Labute approximate surface area is 213 Å². The smallest absolute Gasteiger partial charge is 0.187 e. The third kappa shape index (κ3) is 6.80. The summed E-state index contributed by atoms with van der Waals surface area (Å²) >= 11 is 0. The summed E-state index contributed by atoms with van der Waals surface area (Å²) in [7, 11) is 1.34. The Balaban J connectivity index is 1.94. The van der Waals surface area contributed by atoms with E-state index in [1.807, 2.05) is 0 Å². The van der Waals surface area contributed by atoms with Crippen LogP contribution in [0.2, 0.25) is 0 Å². The number of aromatic hydroxyl groups is 2. The molecule has 1 aliphatic heterocycles. The summed E-state index contributed by atoms with van der Waals surface area (Å²) in [6, 6.07) is 8.84. The average Bonchev–Trinajstić information content (AvgIpc) is 2.90. The third-order valence-corrected chi connectivity index (χ3v) is 6.10. The van der Waals surface area contributed by atoms with Gasteiger partial charge in [-0.1, -0.05) is 12.1 Å². The molecule has 0 saturated carbocycles. The van der Waals surface area contributed by atoms with Gasteiger partial charge in [-0.2, -0.15) is 0 Å². The summed E-state index contributed by atoms with van der Waals surface area (Å²) in [6.07, 6.45) is -9.22. The molecule has 206 valence electrons. The number of aryl methyl sites for hydroxylation is 1. The number of phenolic OH excluding ortho intramolecular Hbond substituents is 2. The van der Waals surface area contributed by atoms with Crippen LogP contribution in [0, 0.1) is 0 Å². The minimum atomic E-state index is -1.72. The maximum absolute atomic E-state index is 10.5. The van der Waals surface area contributed by atoms with Crippen LogP contribution in [-0.2, 0) is 15.9 Å². The molecule has 0 unspecified atom stereocenters. The summed E-state index contributed by atoms with van der Waals surface area (Å²) < 4.78 is 22.4. The van der Waals surface area contributed by atoms with Crippen molar-refractivity contribution in [1.82, 2.24) is 0 Å². The van der Waals surface area contributed by atoms with Crippen molar-refractivity contribution >= 4 is 0 Å². The first-order chi connectivity index (χ1) is 17.7. The molecule has 1 aliphatic rings. The van der Waals surface area contributed by atoms with E-state index in [4.69, 9.17) is 24.1 Å². The van der Waals surface area contributed by atoms with Crippen LogP contribution in [0.5, 0.6) is 23.0 Å². The third-order valence-electron chi connectivity index (χ3n) is 6.10. The number of aliphatic hydroxyl groups excluding tert-OH is 6. The van der Waals surface area contributed by atoms with Crippen molar-refractivity contribution in [3.05, 3.63) is 47.5 Å². The zero-order valence-corrected chi connectivity index (χ0v) is 20.3. The molecule has 0 spiro atoms. The topological polar surface area (TPSA) is 199 Å². The molecule has 37 heavy (non-hydrogen) atoms. The standard InChI is InChI=1S/C25H34O12/c1-34-18-10-14(5-6-15(18)29)24(37-25-23(33)22(32)21(31)19(11-27)36-25)20(12-28)35-17-7-4-13(3-2-8-26)9-16(17)30/h4-7,9-10,19-33H,2-3,8,11-12H2,1H3/t19-,20+,21-,22-,23+,24+,25+/m0/s1. The normalized spacial score (nSPS) is 25.4. The van der Waals surface area contributed by atoms with Crippen molar-refractivity contribution in [2.24, 2.45) is 0 Å². The highest BCUT2D eigenvalue weighted by molar-refractivity contribution is 5.44. The number of ether oxygens (including phenoxy) is 4. The van der Waals surface area contributed by atoms with Crippen LogP contribution >= 0.6 is 0 Å². The molecule has 2 aromatic carbocycles. The molecular formula is C25H34O12. The fourth-order valence-corrected chi connectivity index (χ4v) is 4.04. The van der Waals surface area contributed by atoms with Crippen molar-refractivity contribution in [2.45, 2.75) is 55.8 Å². The SMILES string of the molecule is COc1cc([C@@H](O[C@H]2O[C@@H](CO)[C@H](O)[C@H](O)[C@H]2O)[C@@H](CO)Oc2ccc(CCCO)cc2O)ccc1O. The summed E-state index contributed by atoms with van der Waals surface area (Å²) in [5.74, 6) is -0.299.